The molecule has 0 N–H and O–H groups in total. The highest BCUT2D eigenvalue weighted by atomic mass is 79.9. The fourth-order valence-electron chi connectivity index (χ4n) is 1.92. The molecule has 0 spiro atoms. The number of esters is 1. The first-order valence-corrected chi connectivity index (χ1v) is 7.57. The lowest BCUT2D eigenvalue weighted by Gasteiger charge is -2.21. The minimum Gasteiger partial charge on any atom is -0.449 e. The number of likely N-dealkylation sites (N-methyl/N-ethyl adjacent to an activating group) is 1. The van der Waals surface area contributed by atoms with E-state index in [-0.39, 0.29) is 5.91 Å². The maximum absolute atomic E-state index is 12.3. The summed E-state index contributed by atoms with van der Waals surface area (Å²) in [5.74, 6) is -0.800. The fraction of sp³-hybridized carbons (Fsp3) is 0.176. The molecule has 114 valence electrons. The van der Waals surface area contributed by atoms with Crippen LogP contribution in [-0.2, 0) is 9.53 Å². The van der Waals surface area contributed by atoms with E-state index in [1.54, 1.807) is 38.2 Å². The first-order chi connectivity index (χ1) is 10.5. The smallest absolute Gasteiger partial charge is 0.338 e. The minimum absolute atomic E-state index is 0.281. The van der Waals surface area contributed by atoms with Crippen molar-refractivity contribution in [3.63, 3.8) is 0 Å². The molecule has 2 aromatic rings. The van der Waals surface area contributed by atoms with E-state index in [4.69, 9.17) is 4.74 Å². The molecule has 0 saturated carbocycles. The van der Waals surface area contributed by atoms with Gasteiger partial charge in [0, 0.05) is 17.2 Å². The quantitative estimate of drug-likeness (QED) is 0.780. The van der Waals surface area contributed by atoms with Gasteiger partial charge in [-0.1, -0.05) is 34.1 Å². The number of para-hydroxylation sites is 1. The van der Waals surface area contributed by atoms with Gasteiger partial charge in [0.25, 0.3) is 5.91 Å². The number of carbonyl (C=O) groups is 2. The van der Waals surface area contributed by atoms with Crippen LogP contribution in [0.4, 0.5) is 5.69 Å². The number of anilines is 1. The summed E-state index contributed by atoms with van der Waals surface area (Å²) < 4.78 is 6.11. The van der Waals surface area contributed by atoms with Gasteiger partial charge < -0.3 is 9.64 Å². The Kier molecular flexibility index (Phi) is 5.33. The van der Waals surface area contributed by atoms with E-state index in [9.17, 15) is 9.59 Å². The molecule has 0 aromatic heterocycles. The van der Waals surface area contributed by atoms with Crippen molar-refractivity contribution >= 4 is 33.5 Å². The molecule has 1 amide bonds. The van der Waals surface area contributed by atoms with Gasteiger partial charge in [-0.2, -0.15) is 0 Å². The Hall–Kier alpha value is -2.14. The molecule has 0 saturated heterocycles. The molecule has 22 heavy (non-hydrogen) atoms. The number of halogens is 1. The van der Waals surface area contributed by atoms with Crippen molar-refractivity contribution in [3.8, 4) is 0 Å². The molecule has 2 aromatic carbocycles. The fourth-order valence-corrected chi connectivity index (χ4v) is 2.18. The summed E-state index contributed by atoms with van der Waals surface area (Å²) in [6.45, 7) is 1.57. The first kappa shape index (κ1) is 16.2. The summed E-state index contributed by atoms with van der Waals surface area (Å²) in [6.07, 6.45) is -0.860. The van der Waals surface area contributed by atoms with E-state index in [0.29, 0.717) is 5.56 Å². The number of rotatable bonds is 4. The van der Waals surface area contributed by atoms with Gasteiger partial charge in [0.1, 0.15) is 0 Å². The highest BCUT2D eigenvalue weighted by Crippen LogP contribution is 2.15. The van der Waals surface area contributed by atoms with Crippen LogP contribution in [0.5, 0.6) is 0 Å². The van der Waals surface area contributed by atoms with E-state index < -0.39 is 12.1 Å². The maximum atomic E-state index is 12.3. The molecular weight excluding hydrogens is 346 g/mol. The lowest BCUT2D eigenvalue weighted by Crippen LogP contribution is -2.37. The Morgan fingerprint density at radius 1 is 1.05 bits per heavy atom. The maximum Gasteiger partial charge on any atom is 0.338 e. The van der Waals surface area contributed by atoms with Crippen LogP contribution in [0.1, 0.15) is 17.3 Å². The zero-order chi connectivity index (χ0) is 16.1. The van der Waals surface area contributed by atoms with Crippen molar-refractivity contribution in [1.82, 2.24) is 0 Å². The average Bonchev–Trinajstić information content (AvgIpc) is 2.54. The molecule has 0 aliphatic rings. The van der Waals surface area contributed by atoms with Crippen molar-refractivity contribution < 1.29 is 14.3 Å². The van der Waals surface area contributed by atoms with Crippen molar-refractivity contribution in [2.75, 3.05) is 11.9 Å². The number of hydrogen-bond acceptors (Lipinski definition) is 3. The van der Waals surface area contributed by atoms with Gasteiger partial charge in [-0.25, -0.2) is 4.79 Å². The van der Waals surface area contributed by atoms with Crippen LogP contribution < -0.4 is 4.90 Å². The molecule has 2 rings (SSSR count). The summed E-state index contributed by atoms with van der Waals surface area (Å²) in [5.41, 5.74) is 1.16. The monoisotopic (exact) mass is 361 g/mol. The van der Waals surface area contributed by atoms with Gasteiger partial charge in [0.15, 0.2) is 6.10 Å². The molecule has 0 fully saturated rings. The zero-order valence-electron chi connectivity index (χ0n) is 12.3. The molecule has 0 aliphatic carbocycles. The second-order valence-corrected chi connectivity index (χ2v) is 5.70. The van der Waals surface area contributed by atoms with Crippen molar-refractivity contribution in [1.29, 1.82) is 0 Å². The van der Waals surface area contributed by atoms with E-state index in [1.807, 2.05) is 30.3 Å². The summed E-state index contributed by atoms with van der Waals surface area (Å²) in [5, 5.41) is 0. The number of benzene rings is 2. The molecule has 4 nitrogen and oxygen atoms in total. The Morgan fingerprint density at radius 2 is 1.64 bits per heavy atom. The van der Waals surface area contributed by atoms with Crippen molar-refractivity contribution in [2.45, 2.75) is 13.0 Å². The molecule has 0 unspecified atom stereocenters. The summed E-state index contributed by atoms with van der Waals surface area (Å²) in [7, 11) is 1.65. The molecule has 1 atom stereocenters. The third-order valence-electron chi connectivity index (χ3n) is 3.19. The number of ether oxygens (including phenoxy) is 1. The van der Waals surface area contributed by atoms with E-state index in [1.165, 1.54) is 4.90 Å². The van der Waals surface area contributed by atoms with Gasteiger partial charge in [-0.3, -0.25) is 4.79 Å². The Balaban J connectivity index is 2.02. The lowest BCUT2D eigenvalue weighted by atomic mass is 10.2. The second-order valence-electron chi connectivity index (χ2n) is 4.79. The molecular formula is C17H16BrNO3. The third kappa shape index (κ3) is 3.95. The molecule has 0 aliphatic heterocycles. The Bertz CT molecular complexity index is 655. The number of amides is 1. The normalized spacial score (nSPS) is 11.6. The summed E-state index contributed by atoms with van der Waals surface area (Å²) >= 11 is 3.30. The van der Waals surface area contributed by atoms with Crippen molar-refractivity contribution in [2.24, 2.45) is 0 Å². The average molecular weight is 362 g/mol. The highest BCUT2D eigenvalue weighted by Gasteiger charge is 2.22. The van der Waals surface area contributed by atoms with Crippen LogP contribution in [0.2, 0.25) is 0 Å². The van der Waals surface area contributed by atoms with Crippen LogP contribution >= 0.6 is 15.9 Å². The van der Waals surface area contributed by atoms with Crippen LogP contribution in [0.3, 0.4) is 0 Å². The third-order valence-corrected chi connectivity index (χ3v) is 3.71. The highest BCUT2D eigenvalue weighted by molar-refractivity contribution is 9.10. The predicted molar refractivity (Wildman–Crippen MR) is 88.9 cm³/mol. The minimum atomic E-state index is -0.860. The van der Waals surface area contributed by atoms with Crippen LogP contribution in [0.25, 0.3) is 0 Å². The molecule has 0 heterocycles. The zero-order valence-corrected chi connectivity index (χ0v) is 13.9. The topological polar surface area (TPSA) is 46.6 Å². The molecule has 0 bridgehead atoms. The van der Waals surface area contributed by atoms with Crippen LogP contribution in [-0.4, -0.2) is 25.0 Å². The van der Waals surface area contributed by atoms with E-state index >= 15 is 0 Å². The van der Waals surface area contributed by atoms with Gasteiger partial charge in [-0.05, 0) is 43.3 Å². The van der Waals surface area contributed by atoms with Gasteiger partial charge in [-0.15, -0.1) is 0 Å². The number of nitrogens with zero attached hydrogens (tertiary/aromatic N) is 1. The van der Waals surface area contributed by atoms with Gasteiger partial charge >= 0.3 is 5.97 Å². The first-order valence-electron chi connectivity index (χ1n) is 6.78. The Labute approximate surface area is 137 Å². The standard InChI is InChI=1S/C17H16BrNO3/c1-12(16(20)19(2)15-6-4-3-5-7-15)22-17(21)13-8-10-14(18)11-9-13/h3-12H,1-2H3/t12-/m1/s1. The van der Waals surface area contributed by atoms with Gasteiger partial charge in [0.05, 0.1) is 5.56 Å². The number of carbonyl (C=O) groups excluding carboxylic acids is 2. The number of hydrogen-bond donors (Lipinski definition) is 0. The van der Waals surface area contributed by atoms with E-state index in [0.717, 1.165) is 10.2 Å². The second kappa shape index (κ2) is 7.22. The SMILES string of the molecule is C[C@@H](OC(=O)c1ccc(Br)cc1)C(=O)N(C)c1ccccc1. The van der Waals surface area contributed by atoms with Crippen molar-refractivity contribution in [3.05, 3.63) is 64.6 Å². The summed E-state index contributed by atoms with van der Waals surface area (Å²) in [4.78, 5) is 25.8. The largest absolute Gasteiger partial charge is 0.449 e. The molecule has 5 heteroatoms. The van der Waals surface area contributed by atoms with Crippen LogP contribution in [0, 0.1) is 0 Å². The summed E-state index contributed by atoms with van der Waals surface area (Å²) in [6, 6.07) is 16.0. The lowest BCUT2D eigenvalue weighted by molar-refractivity contribution is -0.126. The van der Waals surface area contributed by atoms with Gasteiger partial charge in [0.2, 0.25) is 0 Å². The predicted octanol–water partition coefficient (Wildman–Crippen LogP) is 3.66. The van der Waals surface area contributed by atoms with Crippen LogP contribution in [0.15, 0.2) is 59.1 Å². The molecule has 0 radical (unpaired) electrons. The van der Waals surface area contributed by atoms with E-state index in [2.05, 4.69) is 15.9 Å². The Morgan fingerprint density at radius 3 is 2.23 bits per heavy atom.